The number of nitrogens with zero attached hydrogens (tertiary/aromatic N) is 3. The van der Waals surface area contributed by atoms with Crippen molar-refractivity contribution in [2.45, 2.75) is 13.3 Å². The van der Waals surface area contributed by atoms with Gasteiger partial charge in [0.15, 0.2) is 0 Å². The molecule has 3 rings (SSSR count). The van der Waals surface area contributed by atoms with Gasteiger partial charge < -0.3 is 5.32 Å². The van der Waals surface area contributed by atoms with E-state index < -0.39 is 0 Å². The first-order valence-electron chi connectivity index (χ1n) is 7.11. The standard InChI is InChI=1S/C17H16N4O/c1-2-13-5-3-4-6-15(13)20-17(22)14-7-8-16(19-11-14)21-10-9-18-12-21/h3-12H,2H2,1H3,(H,20,22). The lowest BCUT2D eigenvalue weighted by atomic mass is 10.1. The molecule has 0 aliphatic carbocycles. The van der Waals surface area contributed by atoms with Gasteiger partial charge in [-0.15, -0.1) is 0 Å². The number of amides is 1. The fourth-order valence-corrected chi connectivity index (χ4v) is 2.21. The van der Waals surface area contributed by atoms with E-state index in [0.717, 1.165) is 23.5 Å². The number of imidazole rings is 1. The monoisotopic (exact) mass is 292 g/mol. The van der Waals surface area contributed by atoms with E-state index in [2.05, 4.69) is 22.2 Å². The summed E-state index contributed by atoms with van der Waals surface area (Å²) in [5, 5.41) is 2.93. The van der Waals surface area contributed by atoms with Crippen molar-refractivity contribution in [1.29, 1.82) is 0 Å². The predicted octanol–water partition coefficient (Wildman–Crippen LogP) is 3.08. The van der Waals surface area contributed by atoms with Crippen LogP contribution in [0.2, 0.25) is 0 Å². The van der Waals surface area contributed by atoms with Crippen molar-refractivity contribution in [2.24, 2.45) is 0 Å². The molecule has 0 bridgehead atoms. The van der Waals surface area contributed by atoms with E-state index in [9.17, 15) is 4.79 Å². The molecule has 2 aromatic heterocycles. The minimum absolute atomic E-state index is 0.161. The molecule has 0 atom stereocenters. The molecule has 0 spiro atoms. The Hall–Kier alpha value is -2.95. The van der Waals surface area contributed by atoms with Crippen LogP contribution in [0.15, 0.2) is 61.3 Å². The van der Waals surface area contributed by atoms with Crippen LogP contribution in [0.4, 0.5) is 5.69 Å². The van der Waals surface area contributed by atoms with Gasteiger partial charge in [-0.2, -0.15) is 0 Å². The van der Waals surface area contributed by atoms with E-state index in [1.54, 1.807) is 41.6 Å². The van der Waals surface area contributed by atoms with E-state index in [4.69, 9.17) is 0 Å². The number of benzene rings is 1. The molecule has 0 aliphatic rings. The van der Waals surface area contributed by atoms with Crippen LogP contribution in [0.25, 0.3) is 5.82 Å². The Kier molecular flexibility index (Phi) is 3.96. The largest absolute Gasteiger partial charge is 0.322 e. The van der Waals surface area contributed by atoms with E-state index >= 15 is 0 Å². The number of nitrogens with one attached hydrogen (secondary N) is 1. The minimum Gasteiger partial charge on any atom is -0.322 e. The molecule has 0 fully saturated rings. The van der Waals surface area contributed by atoms with Crippen LogP contribution in [0.5, 0.6) is 0 Å². The van der Waals surface area contributed by atoms with Gasteiger partial charge in [0.05, 0.1) is 5.56 Å². The summed E-state index contributed by atoms with van der Waals surface area (Å²) in [7, 11) is 0. The molecule has 0 aliphatic heterocycles. The van der Waals surface area contributed by atoms with Gasteiger partial charge in [-0.05, 0) is 30.2 Å². The van der Waals surface area contributed by atoms with Gasteiger partial charge in [0.2, 0.25) is 0 Å². The van der Waals surface area contributed by atoms with Crippen molar-refractivity contribution < 1.29 is 4.79 Å². The molecule has 0 saturated heterocycles. The van der Waals surface area contributed by atoms with Crippen LogP contribution in [0.3, 0.4) is 0 Å². The number of aromatic nitrogens is 3. The second-order valence-corrected chi connectivity index (χ2v) is 4.84. The molecule has 5 heteroatoms. The van der Waals surface area contributed by atoms with Crippen molar-refractivity contribution >= 4 is 11.6 Å². The maximum absolute atomic E-state index is 12.3. The molecule has 110 valence electrons. The zero-order chi connectivity index (χ0) is 15.4. The first-order valence-corrected chi connectivity index (χ1v) is 7.11. The second kappa shape index (κ2) is 6.22. The molecule has 1 aromatic carbocycles. The zero-order valence-corrected chi connectivity index (χ0v) is 12.2. The third-order valence-corrected chi connectivity index (χ3v) is 3.43. The highest BCUT2D eigenvalue weighted by Crippen LogP contribution is 2.16. The van der Waals surface area contributed by atoms with Gasteiger partial charge in [0, 0.05) is 24.3 Å². The molecule has 22 heavy (non-hydrogen) atoms. The summed E-state index contributed by atoms with van der Waals surface area (Å²) in [6.07, 6.45) is 7.59. The van der Waals surface area contributed by atoms with Gasteiger partial charge in [0.25, 0.3) is 5.91 Å². The molecule has 1 N–H and O–H groups in total. The summed E-state index contributed by atoms with van der Waals surface area (Å²) in [6.45, 7) is 2.06. The molecule has 0 radical (unpaired) electrons. The van der Waals surface area contributed by atoms with Gasteiger partial charge in [-0.25, -0.2) is 9.97 Å². The van der Waals surface area contributed by atoms with E-state index in [-0.39, 0.29) is 5.91 Å². The molecule has 0 saturated carbocycles. The number of pyridine rings is 1. The third kappa shape index (κ3) is 2.88. The molecular formula is C17H16N4O. The van der Waals surface area contributed by atoms with Crippen molar-refractivity contribution in [3.05, 3.63) is 72.4 Å². The summed E-state index contributed by atoms with van der Waals surface area (Å²) in [5.41, 5.74) is 2.47. The summed E-state index contributed by atoms with van der Waals surface area (Å²) in [6, 6.07) is 11.3. The van der Waals surface area contributed by atoms with Crippen molar-refractivity contribution in [3.8, 4) is 5.82 Å². The van der Waals surface area contributed by atoms with Gasteiger partial charge in [-0.3, -0.25) is 9.36 Å². The third-order valence-electron chi connectivity index (χ3n) is 3.43. The van der Waals surface area contributed by atoms with Crippen LogP contribution in [0, 0.1) is 0 Å². The van der Waals surface area contributed by atoms with Crippen molar-refractivity contribution in [3.63, 3.8) is 0 Å². The number of anilines is 1. The number of carbonyl (C=O) groups excluding carboxylic acids is 1. The number of para-hydroxylation sites is 1. The van der Waals surface area contributed by atoms with Gasteiger partial charge in [-0.1, -0.05) is 25.1 Å². The number of hydrogen-bond donors (Lipinski definition) is 1. The summed E-state index contributed by atoms with van der Waals surface area (Å²) in [4.78, 5) is 20.6. The Balaban J connectivity index is 1.78. The Morgan fingerprint density at radius 1 is 1.23 bits per heavy atom. The minimum atomic E-state index is -0.161. The van der Waals surface area contributed by atoms with Crippen LogP contribution in [-0.2, 0) is 6.42 Å². The lowest BCUT2D eigenvalue weighted by Gasteiger charge is -2.09. The van der Waals surface area contributed by atoms with Gasteiger partial charge >= 0.3 is 0 Å². The van der Waals surface area contributed by atoms with E-state index in [1.807, 2.05) is 24.3 Å². The first kappa shape index (κ1) is 14.0. The molecule has 0 unspecified atom stereocenters. The fourth-order valence-electron chi connectivity index (χ4n) is 2.21. The molecule has 1 amide bonds. The smallest absolute Gasteiger partial charge is 0.257 e. The first-order chi connectivity index (χ1) is 10.8. The quantitative estimate of drug-likeness (QED) is 0.804. The lowest BCUT2D eigenvalue weighted by molar-refractivity contribution is 0.102. The number of aryl methyl sites for hydroxylation is 1. The number of rotatable bonds is 4. The molecule has 3 aromatic rings. The second-order valence-electron chi connectivity index (χ2n) is 4.84. The predicted molar refractivity (Wildman–Crippen MR) is 85.1 cm³/mol. The Bertz CT molecular complexity index is 764. The average molecular weight is 292 g/mol. The average Bonchev–Trinajstić information content (AvgIpc) is 3.10. The number of hydrogen-bond acceptors (Lipinski definition) is 3. The van der Waals surface area contributed by atoms with Gasteiger partial charge in [0.1, 0.15) is 12.1 Å². The maximum atomic E-state index is 12.3. The normalized spacial score (nSPS) is 10.4. The van der Waals surface area contributed by atoms with Crippen molar-refractivity contribution in [1.82, 2.24) is 14.5 Å². The summed E-state index contributed by atoms with van der Waals surface area (Å²) >= 11 is 0. The van der Waals surface area contributed by atoms with Crippen molar-refractivity contribution in [2.75, 3.05) is 5.32 Å². The Morgan fingerprint density at radius 3 is 2.77 bits per heavy atom. The Morgan fingerprint density at radius 2 is 2.09 bits per heavy atom. The fraction of sp³-hybridized carbons (Fsp3) is 0.118. The molecule has 5 nitrogen and oxygen atoms in total. The highest BCUT2D eigenvalue weighted by Gasteiger charge is 2.09. The van der Waals surface area contributed by atoms with E-state index in [1.165, 1.54) is 0 Å². The molecular weight excluding hydrogens is 276 g/mol. The van der Waals surface area contributed by atoms with Crippen LogP contribution in [-0.4, -0.2) is 20.4 Å². The molecule has 2 heterocycles. The Labute approximate surface area is 128 Å². The zero-order valence-electron chi connectivity index (χ0n) is 12.2. The SMILES string of the molecule is CCc1ccccc1NC(=O)c1ccc(-n2ccnc2)nc1. The summed E-state index contributed by atoms with van der Waals surface area (Å²) in [5.74, 6) is 0.564. The highest BCUT2D eigenvalue weighted by molar-refractivity contribution is 6.04. The highest BCUT2D eigenvalue weighted by atomic mass is 16.1. The van der Waals surface area contributed by atoms with E-state index in [0.29, 0.717) is 5.56 Å². The summed E-state index contributed by atoms with van der Waals surface area (Å²) < 4.78 is 1.79. The topological polar surface area (TPSA) is 59.8 Å². The number of carbonyl (C=O) groups is 1. The maximum Gasteiger partial charge on any atom is 0.257 e. The van der Waals surface area contributed by atoms with Crippen LogP contribution >= 0.6 is 0 Å². The van der Waals surface area contributed by atoms with Crippen LogP contribution in [0.1, 0.15) is 22.8 Å². The van der Waals surface area contributed by atoms with Crippen LogP contribution < -0.4 is 5.32 Å². The lowest BCUT2D eigenvalue weighted by Crippen LogP contribution is -2.13.